The summed E-state index contributed by atoms with van der Waals surface area (Å²) in [6, 6.07) is 0. The first-order chi connectivity index (χ1) is 8.60. The van der Waals surface area contributed by atoms with Crippen molar-refractivity contribution in [2.24, 2.45) is 23.5 Å². The second-order valence-corrected chi connectivity index (χ2v) is 5.06. The topological polar surface area (TPSA) is 72.2 Å². The molecule has 2 atom stereocenters. The van der Waals surface area contributed by atoms with Crippen molar-refractivity contribution in [3.8, 4) is 0 Å². The van der Waals surface area contributed by atoms with Gasteiger partial charge in [0.1, 0.15) is 0 Å². The molecular formula is C14H24N2O2. The summed E-state index contributed by atoms with van der Waals surface area (Å²) in [5, 5.41) is 2.82. The van der Waals surface area contributed by atoms with Crippen molar-refractivity contribution in [3.63, 3.8) is 0 Å². The van der Waals surface area contributed by atoms with Crippen molar-refractivity contribution in [3.05, 3.63) is 12.7 Å². The Morgan fingerprint density at radius 2 is 2.11 bits per heavy atom. The number of carbonyl (C=O) groups excluding carboxylic acids is 2. The van der Waals surface area contributed by atoms with Gasteiger partial charge in [0.05, 0.1) is 0 Å². The van der Waals surface area contributed by atoms with Gasteiger partial charge >= 0.3 is 0 Å². The molecule has 0 heterocycles. The normalized spacial score (nSPS) is 17.8. The van der Waals surface area contributed by atoms with E-state index in [1.54, 1.807) is 6.08 Å². The molecular weight excluding hydrogens is 228 g/mol. The van der Waals surface area contributed by atoms with Crippen molar-refractivity contribution in [1.29, 1.82) is 0 Å². The SMILES string of the molecule is C=CCC[C@H](C(N)=O)[C@@H](CC1CC1)C(=O)NCC. The van der Waals surface area contributed by atoms with Crippen molar-refractivity contribution >= 4 is 11.8 Å². The zero-order chi connectivity index (χ0) is 13.5. The minimum absolute atomic E-state index is 0.0303. The number of nitrogens with one attached hydrogen (secondary N) is 1. The molecule has 0 saturated heterocycles. The van der Waals surface area contributed by atoms with Gasteiger partial charge in [0.25, 0.3) is 0 Å². The van der Waals surface area contributed by atoms with Crippen LogP contribution in [0.4, 0.5) is 0 Å². The molecule has 1 aliphatic carbocycles. The van der Waals surface area contributed by atoms with Crippen LogP contribution in [-0.2, 0) is 9.59 Å². The minimum Gasteiger partial charge on any atom is -0.369 e. The van der Waals surface area contributed by atoms with Gasteiger partial charge in [-0.05, 0) is 32.1 Å². The molecule has 0 aromatic heterocycles. The van der Waals surface area contributed by atoms with E-state index in [9.17, 15) is 9.59 Å². The highest BCUT2D eigenvalue weighted by Crippen LogP contribution is 2.38. The average Bonchev–Trinajstić information content (AvgIpc) is 3.11. The summed E-state index contributed by atoms with van der Waals surface area (Å²) in [7, 11) is 0. The minimum atomic E-state index is -0.367. The summed E-state index contributed by atoms with van der Waals surface area (Å²) >= 11 is 0. The van der Waals surface area contributed by atoms with E-state index in [4.69, 9.17) is 5.73 Å². The fraction of sp³-hybridized carbons (Fsp3) is 0.714. The predicted molar refractivity (Wildman–Crippen MR) is 71.6 cm³/mol. The maximum atomic E-state index is 12.1. The van der Waals surface area contributed by atoms with Crippen LogP contribution in [0.25, 0.3) is 0 Å². The van der Waals surface area contributed by atoms with Gasteiger partial charge in [-0.25, -0.2) is 0 Å². The van der Waals surface area contributed by atoms with E-state index in [2.05, 4.69) is 11.9 Å². The molecule has 4 heteroatoms. The molecule has 0 spiro atoms. The molecule has 0 radical (unpaired) electrons. The molecule has 18 heavy (non-hydrogen) atoms. The average molecular weight is 252 g/mol. The fourth-order valence-corrected chi connectivity index (χ4v) is 2.31. The van der Waals surface area contributed by atoms with E-state index in [-0.39, 0.29) is 23.7 Å². The molecule has 0 aromatic carbocycles. The summed E-state index contributed by atoms with van der Waals surface area (Å²) in [6.07, 6.45) is 6.23. The van der Waals surface area contributed by atoms with E-state index in [1.165, 1.54) is 12.8 Å². The number of nitrogens with two attached hydrogens (primary N) is 1. The summed E-state index contributed by atoms with van der Waals surface area (Å²) in [5.74, 6) is -0.431. The summed E-state index contributed by atoms with van der Waals surface area (Å²) in [5.41, 5.74) is 5.46. The van der Waals surface area contributed by atoms with Crippen molar-refractivity contribution in [1.82, 2.24) is 5.32 Å². The number of hydrogen-bond acceptors (Lipinski definition) is 2. The zero-order valence-electron chi connectivity index (χ0n) is 11.2. The molecule has 0 aliphatic heterocycles. The Balaban J connectivity index is 2.71. The molecule has 1 aliphatic rings. The van der Waals surface area contributed by atoms with E-state index >= 15 is 0 Å². The number of amides is 2. The monoisotopic (exact) mass is 252 g/mol. The molecule has 102 valence electrons. The van der Waals surface area contributed by atoms with Gasteiger partial charge in [-0.3, -0.25) is 9.59 Å². The van der Waals surface area contributed by atoms with E-state index in [1.807, 2.05) is 6.92 Å². The lowest BCUT2D eigenvalue weighted by Crippen LogP contribution is -2.40. The smallest absolute Gasteiger partial charge is 0.223 e. The van der Waals surface area contributed by atoms with Crippen LogP contribution in [-0.4, -0.2) is 18.4 Å². The molecule has 0 aromatic rings. The fourth-order valence-electron chi connectivity index (χ4n) is 2.31. The number of primary amides is 1. The number of allylic oxidation sites excluding steroid dienone is 1. The summed E-state index contributed by atoms with van der Waals surface area (Å²) < 4.78 is 0. The lowest BCUT2D eigenvalue weighted by atomic mass is 9.83. The van der Waals surface area contributed by atoms with Crippen LogP contribution in [0.3, 0.4) is 0 Å². The highest BCUT2D eigenvalue weighted by atomic mass is 16.2. The Kier molecular flexibility index (Phi) is 5.89. The lowest BCUT2D eigenvalue weighted by molar-refractivity contribution is -0.133. The van der Waals surface area contributed by atoms with Crippen molar-refractivity contribution in [2.45, 2.75) is 39.0 Å². The van der Waals surface area contributed by atoms with Crippen LogP contribution in [0.1, 0.15) is 39.0 Å². The van der Waals surface area contributed by atoms with Gasteiger partial charge < -0.3 is 11.1 Å². The third-order valence-electron chi connectivity index (χ3n) is 3.50. The summed E-state index contributed by atoms with van der Waals surface area (Å²) in [6.45, 7) is 6.13. The number of rotatable bonds is 9. The van der Waals surface area contributed by atoms with Crippen LogP contribution >= 0.6 is 0 Å². The largest absolute Gasteiger partial charge is 0.369 e. The highest BCUT2D eigenvalue weighted by Gasteiger charge is 2.36. The second-order valence-electron chi connectivity index (χ2n) is 5.06. The standard InChI is InChI=1S/C14H24N2O2/c1-3-5-6-11(13(15)17)12(9-10-7-8-10)14(18)16-4-2/h3,10-12H,1,4-9H2,2H3,(H2,15,17)(H,16,18)/t11-,12+/m0/s1. The molecule has 1 saturated carbocycles. The van der Waals surface area contributed by atoms with Gasteiger partial charge in [0, 0.05) is 18.4 Å². The van der Waals surface area contributed by atoms with Gasteiger partial charge in [0.2, 0.25) is 11.8 Å². The third kappa shape index (κ3) is 4.51. The highest BCUT2D eigenvalue weighted by molar-refractivity contribution is 5.86. The zero-order valence-corrected chi connectivity index (χ0v) is 11.2. The molecule has 1 fully saturated rings. The van der Waals surface area contributed by atoms with Gasteiger partial charge in [-0.15, -0.1) is 6.58 Å². The van der Waals surface area contributed by atoms with Gasteiger partial charge in [-0.1, -0.05) is 18.9 Å². The van der Waals surface area contributed by atoms with Gasteiger partial charge in [-0.2, -0.15) is 0 Å². The first-order valence-electron chi connectivity index (χ1n) is 6.78. The van der Waals surface area contributed by atoms with Gasteiger partial charge in [0.15, 0.2) is 0 Å². The number of carbonyl (C=O) groups is 2. The van der Waals surface area contributed by atoms with E-state index < -0.39 is 0 Å². The predicted octanol–water partition coefficient (Wildman–Crippen LogP) is 1.61. The Morgan fingerprint density at radius 1 is 1.44 bits per heavy atom. The Morgan fingerprint density at radius 3 is 2.56 bits per heavy atom. The first-order valence-corrected chi connectivity index (χ1v) is 6.78. The molecule has 2 amide bonds. The molecule has 0 unspecified atom stereocenters. The quantitative estimate of drug-likeness (QED) is 0.612. The first kappa shape index (κ1) is 14.7. The molecule has 4 nitrogen and oxygen atoms in total. The van der Waals surface area contributed by atoms with Crippen molar-refractivity contribution in [2.75, 3.05) is 6.54 Å². The van der Waals surface area contributed by atoms with Crippen LogP contribution in [0.15, 0.2) is 12.7 Å². The van der Waals surface area contributed by atoms with E-state index in [0.29, 0.717) is 25.3 Å². The maximum Gasteiger partial charge on any atom is 0.223 e. The maximum absolute atomic E-state index is 12.1. The molecule has 1 rings (SSSR count). The molecule has 3 N–H and O–H groups in total. The lowest BCUT2D eigenvalue weighted by Gasteiger charge is -2.23. The Bertz CT molecular complexity index is 311. The van der Waals surface area contributed by atoms with Crippen LogP contribution in [0, 0.1) is 17.8 Å². The number of hydrogen-bond donors (Lipinski definition) is 2. The van der Waals surface area contributed by atoms with E-state index in [0.717, 1.165) is 6.42 Å². The van der Waals surface area contributed by atoms with Crippen molar-refractivity contribution < 1.29 is 9.59 Å². The third-order valence-corrected chi connectivity index (χ3v) is 3.50. The van der Waals surface area contributed by atoms with Crippen LogP contribution in [0.2, 0.25) is 0 Å². The summed E-state index contributed by atoms with van der Waals surface area (Å²) in [4.78, 5) is 23.6. The second kappa shape index (κ2) is 7.19. The Labute approximate surface area is 109 Å². The Hall–Kier alpha value is -1.32. The molecule has 0 bridgehead atoms. The van der Waals surface area contributed by atoms with Crippen LogP contribution in [0.5, 0.6) is 0 Å². The van der Waals surface area contributed by atoms with Crippen LogP contribution < -0.4 is 11.1 Å².